The number of nitrogens with zero attached hydrogens (tertiary/aromatic N) is 3. The van der Waals surface area contributed by atoms with Crippen LogP contribution in [0.3, 0.4) is 0 Å². The van der Waals surface area contributed by atoms with E-state index < -0.39 is 0 Å². The zero-order chi connectivity index (χ0) is 12.6. The van der Waals surface area contributed by atoms with Gasteiger partial charge in [0.25, 0.3) is 0 Å². The van der Waals surface area contributed by atoms with Crippen molar-refractivity contribution < 1.29 is 0 Å². The van der Waals surface area contributed by atoms with Crippen molar-refractivity contribution in [1.29, 1.82) is 0 Å². The highest BCUT2D eigenvalue weighted by atomic mass is 79.9. The number of rotatable bonds is 1. The monoisotopic (exact) mass is 298 g/mol. The Morgan fingerprint density at radius 2 is 2.06 bits per heavy atom. The number of anilines is 2. The van der Waals surface area contributed by atoms with Crippen LogP contribution in [0, 0.1) is 0 Å². The minimum absolute atomic E-state index is 0.160. The van der Waals surface area contributed by atoms with E-state index in [-0.39, 0.29) is 5.54 Å². The second-order valence-electron chi connectivity index (χ2n) is 5.21. The van der Waals surface area contributed by atoms with E-state index in [2.05, 4.69) is 51.6 Å². The van der Waals surface area contributed by atoms with Gasteiger partial charge in [0.1, 0.15) is 0 Å². The van der Waals surface area contributed by atoms with Crippen LogP contribution in [-0.2, 0) is 0 Å². The Balaban J connectivity index is 2.30. The van der Waals surface area contributed by atoms with Gasteiger partial charge in [-0.1, -0.05) is 0 Å². The first-order valence-corrected chi connectivity index (χ1v) is 6.56. The van der Waals surface area contributed by atoms with Crippen LogP contribution >= 0.6 is 15.9 Å². The fourth-order valence-corrected chi connectivity index (χ4v) is 2.81. The summed E-state index contributed by atoms with van der Waals surface area (Å²) in [6.07, 6.45) is 3.52. The number of piperazine rings is 1. The van der Waals surface area contributed by atoms with Gasteiger partial charge in [0, 0.05) is 31.4 Å². The van der Waals surface area contributed by atoms with Gasteiger partial charge in [-0.25, -0.2) is 0 Å². The van der Waals surface area contributed by atoms with E-state index in [0.717, 1.165) is 35.5 Å². The Morgan fingerprint density at radius 3 is 2.65 bits per heavy atom. The Bertz CT molecular complexity index is 399. The van der Waals surface area contributed by atoms with E-state index in [9.17, 15) is 0 Å². The second kappa shape index (κ2) is 4.46. The summed E-state index contributed by atoms with van der Waals surface area (Å²) in [4.78, 5) is 8.80. The molecule has 0 spiro atoms. The molecule has 17 heavy (non-hydrogen) atoms. The fourth-order valence-electron chi connectivity index (χ4n) is 2.21. The smallest absolute Gasteiger partial charge is 0.0777 e. The number of halogens is 1. The van der Waals surface area contributed by atoms with E-state index in [1.54, 1.807) is 12.4 Å². The first-order valence-electron chi connectivity index (χ1n) is 5.77. The molecule has 2 N–H and O–H groups in total. The third-order valence-corrected chi connectivity index (χ3v) is 4.11. The van der Waals surface area contributed by atoms with Crippen LogP contribution in [0.15, 0.2) is 16.9 Å². The molecule has 1 aromatic rings. The molecule has 1 aliphatic heterocycles. The molecular weight excluding hydrogens is 280 g/mol. The second-order valence-corrected chi connectivity index (χ2v) is 6.07. The maximum Gasteiger partial charge on any atom is 0.0777 e. The van der Waals surface area contributed by atoms with Crippen molar-refractivity contribution in [2.75, 3.05) is 37.3 Å². The Hall–Kier alpha value is -0.810. The van der Waals surface area contributed by atoms with Crippen LogP contribution in [0.25, 0.3) is 0 Å². The van der Waals surface area contributed by atoms with Crippen LogP contribution < -0.4 is 10.6 Å². The summed E-state index contributed by atoms with van der Waals surface area (Å²) in [5.41, 5.74) is 7.99. The first kappa shape index (κ1) is 12.6. The van der Waals surface area contributed by atoms with Crippen molar-refractivity contribution in [3.63, 3.8) is 0 Å². The van der Waals surface area contributed by atoms with Gasteiger partial charge >= 0.3 is 0 Å². The average Bonchev–Trinajstić information content (AvgIpc) is 2.22. The van der Waals surface area contributed by atoms with Crippen LogP contribution in [0.5, 0.6) is 0 Å². The van der Waals surface area contributed by atoms with Crippen LogP contribution in [-0.4, -0.2) is 42.1 Å². The van der Waals surface area contributed by atoms with Gasteiger partial charge in [-0.05, 0) is 36.8 Å². The predicted octanol–water partition coefficient (Wildman–Crippen LogP) is 1.96. The normalized spacial score (nSPS) is 20.6. The van der Waals surface area contributed by atoms with Crippen molar-refractivity contribution in [3.05, 3.63) is 16.9 Å². The molecule has 0 bridgehead atoms. The van der Waals surface area contributed by atoms with E-state index in [4.69, 9.17) is 5.73 Å². The SMILES string of the molecule is CN1CCN(c2c(N)cncc2Br)CC1(C)C. The van der Waals surface area contributed by atoms with E-state index in [0.29, 0.717) is 0 Å². The highest BCUT2D eigenvalue weighted by Crippen LogP contribution is 2.34. The van der Waals surface area contributed by atoms with Gasteiger partial charge in [0.2, 0.25) is 0 Å². The van der Waals surface area contributed by atoms with Crippen molar-refractivity contribution in [2.45, 2.75) is 19.4 Å². The van der Waals surface area contributed by atoms with E-state index >= 15 is 0 Å². The molecule has 2 heterocycles. The Labute approximate surface area is 111 Å². The molecule has 0 radical (unpaired) electrons. The maximum atomic E-state index is 6.03. The number of likely N-dealkylation sites (N-methyl/N-ethyl adjacent to an activating group) is 1. The standard InChI is InChI=1S/C12H19BrN4/c1-12(2)8-17(5-4-16(12)3)11-9(13)6-15-7-10(11)14/h6-7H,4-5,8,14H2,1-3H3. The third kappa shape index (κ3) is 2.40. The van der Waals surface area contributed by atoms with Gasteiger partial charge < -0.3 is 10.6 Å². The number of aromatic nitrogens is 1. The summed E-state index contributed by atoms with van der Waals surface area (Å²) in [6.45, 7) is 7.51. The van der Waals surface area contributed by atoms with Gasteiger partial charge in [-0.2, -0.15) is 0 Å². The molecule has 1 aliphatic rings. The predicted molar refractivity (Wildman–Crippen MR) is 75.3 cm³/mol. The first-order chi connectivity index (χ1) is 7.92. The summed E-state index contributed by atoms with van der Waals surface area (Å²) in [5.74, 6) is 0. The zero-order valence-corrected chi connectivity index (χ0v) is 12.2. The fraction of sp³-hybridized carbons (Fsp3) is 0.583. The molecule has 0 saturated carbocycles. The molecule has 0 unspecified atom stereocenters. The lowest BCUT2D eigenvalue weighted by atomic mass is 9.99. The molecule has 0 aromatic carbocycles. The molecule has 0 aliphatic carbocycles. The summed E-state index contributed by atoms with van der Waals surface area (Å²) in [5, 5.41) is 0. The molecule has 1 fully saturated rings. The summed E-state index contributed by atoms with van der Waals surface area (Å²) >= 11 is 3.54. The lowest BCUT2D eigenvalue weighted by Crippen LogP contribution is -2.57. The van der Waals surface area contributed by atoms with Crippen LogP contribution in [0.4, 0.5) is 11.4 Å². The summed E-state index contributed by atoms with van der Waals surface area (Å²) < 4.78 is 0.970. The summed E-state index contributed by atoms with van der Waals surface area (Å²) in [7, 11) is 2.17. The molecule has 0 amide bonds. The highest BCUT2D eigenvalue weighted by Gasteiger charge is 2.32. The van der Waals surface area contributed by atoms with Gasteiger partial charge in [-0.3, -0.25) is 9.88 Å². The van der Waals surface area contributed by atoms with E-state index in [1.165, 1.54) is 0 Å². The minimum atomic E-state index is 0.160. The largest absolute Gasteiger partial charge is 0.396 e. The highest BCUT2D eigenvalue weighted by molar-refractivity contribution is 9.10. The number of nitrogen functional groups attached to an aromatic ring is 1. The topological polar surface area (TPSA) is 45.4 Å². The molecule has 94 valence electrons. The maximum absolute atomic E-state index is 6.03. The van der Waals surface area contributed by atoms with Crippen molar-refractivity contribution in [2.24, 2.45) is 0 Å². The van der Waals surface area contributed by atoms with Gasteiger partial charge in [-0.15, -0.1) is 0 Å². The average molecular weight is 299 g/mol. The summed E-state index contributed by atoms with van der Waals surface area (Å²) in [6, 6.07) is 0. The molecule has 1 saturated heterocycles. The number of pyridine rings is 1. The van der Waals surface area contributed by atoms with E-state index in [1.807, 2.05) is 0 Å². The quantitative estimate of drug-likeness (QED) is 0.861. The lowest BCUT2D eigenvalue weighted by Gasteiger charge is -2.46. The minimum Gasteiger partial charge on any atom is -0.396 e. The Kier molecular flexibility index (Phi) is 3.32. The Morgan fingerprint density at radius 1 is 1.35 bits per heavy atom. The molecule has 1 aromatic heterocycles. The van der Waals surface area contributed by atoms with Crippen molar-refractivity contribution in [3.8, 4) is 0 Å². The number of hydrogen-bond donors (Lipinski definition) is 1. The molecular formula is C12H19BrN4. The van der Waals surface area contributed by atoms with Gasteiger partial charge in [0.05, 0.1) is 22.0 Å². The van der Waals surface area contributed by atoms with Crippen molar-refractivity contribution >= 4 is 27.3 Å². The molecule has 5 heteroatoms. The zero-order valence-electron chi connectivity index (χ0n) is 10.6. The molecule has 4 nitrogen and oxygen atoms in total. The number of hydrogen-bond acceptors (Lipinski definition) is 4. The van der Waals surface area contributed by atoms with Gasteiger partial charge in [0.15, 0.2) is 0 Å². The van der Waals surface area contributed by atoms with Crippen molar-refractivity contribution in [1.82, 2.24) is 9.88 Å². The molecule has 0 atom stereocenters. The lowest BCUT2D eigenvalue weighted by molar-refractivity contribution is 0.139. The third-order valence-electron chi connectivity index (χ3n) is 3.53. The van der Waals surface area contributed by atoms with Crippen LogP contribution in [0.1, 0.15) is 13.8 Å². The molecule has 2 rings (SSSR count). The number of nitrogens with two attached hydrogens (primary N) is 1. The van der Waals surface area contributed by atoms with Crippen LogP contribution in [0.2, 0.25) is 0 Å².